The molecule has 3 rings (SSSR count). The van der Waals surface area contributed by atoms with E-state index in [0.29, 0.717) is 5.92 Å². The van der Waals surface area contributed by atoms with Crippen LogP contribution in [0.4, 0.5) is 0 Å². The van der Waals surface area contributed by atoms with Gasteiger partial charge in [0.05, 0.1) is 0 Å². The largest absolute Gasteiger partial charge is 0.358 e. The first-order chi connectivity index (χ1) is 7.79. The van der Waals surface area contributed by atoms with E-state index in [1.165, 1.54) is 35.0 Å². The molecule has 0 bridgehead atoms. The summed E-state index contributed by atoms with van der Waals surface area (Å²) in [6.45, 7) is 0.756. The van der Waals surface area contributed by atoms with Crippen LogP contribution in [0.3, 0.4) is 0 Å². The third kappa shape index (κ3) is 1.50. The first-order valence-electron chi connectivity index (χ1n) is 5.79. The van der Waals surface area contributed by atoms with Gasteiger partial charge >= 0.3 is 0 Å². The van der Waals surface area contributed by atoms with E-state index in [2.05, 4.69) is 39.1 Å². The van der Waals surface area contributed by atoms with Crippen molar-refractivity contribution in [3.63, 3.8) is 0 Å². The van der Waals surface area contributed by atoms with Gasteiger partial charge in [0.2, 0.25) is 0 Å². The van der Waals surface area contributed by atoms with Crippen molar-refractivity contribution in [2.75, 3.05) is 6.54 Å². The number of nitrogens with one attached hydrogen (secondary N) is 1. The number of halogens is 1. The maximum atomic E-state index is 5.88. The van der Waals surface area contributed by atoms with E-state index >= 15 is 0 Å². The first kappa shape index (κ1) is 10.4. The van der Waals surface area contributed by atoms with Gasteiger partial charge in [-0.1, -0.05) is 15.9 Å². The van der Waals surface area contributed by atoms with Crippen LogP contribution >= 0.6 is 15.9 Å². The van der Waals surface area contributed by atoms with Crippen LogP contribution in [0.25, 0.3) is 10.9 Å². The topological polar surface area (TPSA) is 41.8 Å². The Kier molecular flexibility index (Phi) is 2.52. The van der Waals surface area contributed by atoms with Gasteiger partial charge in [-0.3, -0.25) is 0 Å². The molecule has 0 radical (unpaired) electrons. The second-order valence-corrected chi connectivity index (χ2v) is 5.45. The summed E-state index contributed by atoms with van der Waals surface area (Å²) in [6, 6.07) is 6.44. The van der Waals surface area contributed by atoms with Crippen LogP contribution in [0.2, 0.25) is 0 Å². The molecule has 1 aromatic heterocycles. The molecule has 16 heavy (non-hydrogen) atoms. The third-order valence-electron chi connectivity index (χ3n) is 3.55. The molecule has 0 spiro atoms. The van der Waals surface area contributed by atoms with E-state index < -0.39 is 0 Å². The summed E-state index contributed by atoms with van der Waals surface area (Å²) in [6.07, 6.45) is 3.64. The number of H-pyrrole nitrogens is 1. The lowest BCUT2D eigenvalue weighted by Crippen LogP contribution is -2.17. The number of hydrogen-bond donors (Lipinski definition) is 2. The highest BCUT2D eigenvalue weighted by molar-refractivity contribution is 9.10. The summed E-state index contributed by atoms with van der Waals surface area (Å²) in [7, 11) is 0. The molecule has 0 saturated heterocycles. The Morgan fingerprint density at radius 2 is 2.31 bits per heavy atom. The molecule has 0 saturated carbocycles. The molecule has 84 valence electrons. The van der Waals surface area contributed by atoms with Gasteiger partial charge in [0, 0.05) is 21.1 Å². The van der Waals surface area contributed by atoms with Crippen molar-refractivity contribution in [3.05, 3.63) is 33.9 Å². The van der Waals surface area contributed by atoms with E-state index in [1.807, 2.05) is 0 Å². The predicted molar refractivity (Wildman–Crippen MR) is 70.7 cm³/mol. The lowest BCUT2D eigenvalue weighted by Gasteiger charge is -2.21. The Morgan fingerprint density at radius 3 is 3.12 bits per heavy atom. The fourth-order valence-corrected chi connectivity index (χ4v) is 3.17. The van der Waals surface area contributed by atoms with Crippen LogP contribution in [0, 0.1) is 0 Å². The molecule has 2 aromatic rings. The zero-order valence-corrected chi connectivity index (χ0v) is 10.7. The summed E-state index contributed by atoms with van der Waals surface area (Å²) in [5.41, 5.74) is 9.99. The van der Waals surface area contributed by atoms with E-state index in [-0.39, 0.29) is 0 Å². The van der Waals surface area contributed by atoms with E-state index in [4.69, 9.17) is 5.73 Å². The third-order valence-corrected chi connectivity index (χ3v) is 4.05. The minimum absolute atomic E-state index is 0.534. The second-order valence-electron chi connectivity index (χ2n) is 4.53. The molecule has 3 N–H and O–H groups in total. The summed E-state index contributed by atoms with van der Waals surface area (Å²) < 4.78 is 1.14. The fourth-order valence-electron chi connectivity index (χ4n) is 2.81. The van der Waals surface area contributed by atoms with Crippen molar-refractivity contribution in [1.29, 1.82) is 0 Å². The average molecular weight is 279 g/mol. The summed E-state index contributed by atoms with van der Waals surface area (Å²) in [4.78, 5) is 3.53. The zero-order valence-electron chi connectivity index (χ0n) is 9.09. The van der Waals surface area contributed by atoms with Crippen LogP contribution < -0.4 is 5.73 Å². The molecule has 1 atom stereocenters. The highest BCUT2D eigenvalue weighted by atomic mass is 79.9. The van der Waals surface area contributed by atoms with E-state index in [1.54, 1.807) is 0 Å². The van der Waals surface area contributed by atoms with Gasteiger partial charge < -0.3 is 10.7 Å². The number of aryl methyl sites for hydroxylation is 1. The van der Waals surface area contributed by atoms with Crippen LogP contribution in [0.1, 0.15) is 30.0 Å². The van der Waals surface area contributed by atoms with E-state index in [9.17, 15) is 0 Å². The molecule has 1 aliphatic carbocycles. The van der Waals surface area contributed by atoms with Crippen molar-refractivity contribution in [2.45, 2.75) is 25.2 Å². The zero-order chi connectivity index (χ0) is 11.1. The monoisotopic (exact) mass is 278 g/mol. The smallest absolute Gasteiger partial charge is 0.0459 e. The number of rotatable bonds is 1. The average Bonchev–Trinajstić information content (AvgIpc) is 2.66. The van der Waals surface area contributed by atoms with Gasteiger partial charge in [-0.2, -0.15) is 0 Å². The van der Waals surface area contributed by atoms with Crippen molar-refractivity contribution >= 4 is 26.8 Å². The van der Waals surface area contributed by atoms with Gasteiger partial charge in [-0.15, -0.1) is 0 Å². The molecule has 0 aliphatic heterocycles. The predicted octanol–water partition coefficient (Wildman–Crippen LogP) is 3.31. The quantitative estimate of drug-likeness (QED) is 0.826. The van der Waals surface area contributed by atoms with Crippen molar-refractivity contribution in [2.24, 2.45) is 5.73 Å². The molecule has 2 nitrogen and oxygen atoms in total. The molecule has 0 amide bonds. The van der Waals surface area contributed by atoms with Gasteiger partial charge in [-0.25, -0.2) is 0 Å². The standard InChI is InChI=1S/C13H15BrN2/c14-9-4-5-11-10(6-9)13-8(7-15)2-1-3-12(13)16-11/h4-6,8,16H,1-3,7,15H2. The van der Waals surface area contributed by atoms with Gasteiger partial charge in [0.15, 0.2) is 0 Å². The molecule has 3 heteroatoms. The highest BCUT2D eigenvalue weighted by Gasteiger charge is 2.23. The number of nitrogens with two attached hydrogens (primary N) is 1. The normalized spacial score (nSPS) is 20.0. The van der Waals surface area contributed by atoms with Crippen molar-refractivity contribution < 1.29 is 0 Å². The SMILES string of the molecule is NCC1CCCc2[nH]c3ccc(Br)cc3c21. The molecule has 1 heterocycles. The van der Waals surface area contributed by atoms with Crippen LogP contribution in [-0.2, 0) is 6.42 Å². The molecular formula is C13H15BrN2. The van der Waals surface area contributed by atoms with Gasteiger partial charge in [0.1, 0.15) is 0 Å². The molecule has 1 aromatic carbocycles. The molecule has 1 aliphatic rings. The first-order valence-corrected chi connectivity index (χ1v) is 6.59. The minimum Gasteiger partial charge on any atom is -0.358 e. The van der Waals surface area contributed by atoms with Crippen molar-refractivity contribution in [1.82, 2.24) is 4.98 Å². The van der Waals surface area contributed by atoms with Gasteiger partial charge in [-0.05, 0) is 55.5 Å². The summed E-state index contributed by atoms with van der Waals surface area (Å²) in [5.74, 6) is 0.534. The Bertz CT molecular complexity index is 530. The number of aromatic nitrogens is 1. The summed E-state index contributed by atoms with van der Waals surface area (Å²) in [5, 5.41) is 1.35. The second kappa shape index (κ2) is 3.90. The Labute approximate surface area is 103 Å². The lowest BCUT2D eigenvalue weighted by atomic mass is 9.85. The highest BCUT2D eigenvalue weighted by Crippen LogP contribution is 2.37. The van der Waals surface area contributed by atoms with Crippen LogP contribution in [0.5, 0.6) is 0 Å². The fraction of sp³-hybridized carbons (Fsp3) is 0.385. The molecule has 0 fully saturated rings. The number of aromatic amines is 1. The van der Waals surface area contributed by atoms with E-state index in [0.717, 1.165) is 17.4 Å². The van der Waals surface area contributed by atoms with Crippen molar-refractivity contribution in [3.8, 4) is 0 Å². The minimum atomic E-state index is 0.534. The Hall–Kier alpha value is -0.800. The molecule has 1 unspecified atom stereocenters. The van der Waals surface area contributed by atoms with Crippen LogP contribution in [0.15, 0.2) is 22.7 Å². The Balaban J connectivity index is 2.27. The number of benzene rings is 1. The summed E-state index contributed by atoms with van der Waals surface area (Å²) >= 11 is 3.54. The lowest BCUT2D eigenvalue weighted by molar-refractivity contribution is 0.560. The number of fused-ring (bicyclic) bond motifs is 3. The molecular weight excluding hydrogens is 264 g/mol. The maximum absolute atomic E-state index is 5.88. The number of hydrogen-bond acceptors (Lipinski definition) is 1. The van der Waals surface area contributed by atoms with Crippen LogP contribution in [-0.4, -0.2) is 11.5 Å². The Morgan fingerprint density at radius 1 is 1.44 bits per heavy atom. The maximum Gasteiger partial charge on any atom is 0.0459 e. The van der Waals surface area contributed by atoms with Gasteiger partial charge in [0.25, 0.3) is 0 Å².